The second-order valence-electron chi connectivity index (χ2n) is 5.20. The van der Waals surface area contributed by atoms with Crippen LogP contribution in [0.15, 0.2) is 17.8 Å². The van der Waals surface area contributed by atoms with Crippen LogP contribution in [0.3, 0.4) is 0 Å². The van der Waals surface area contributed by atoms with E-state index in [2.05, 4.69) is 32.5 Å². The van der Waals surface area contributed by atoms with Crippen LogP contribution in [0.1, 0.15) is 23.5 Å². The molecule has 1 aliphatic heterocycles. The van der Waals surface area contributed by atoms with Crippen molar-refractivity contribution in [3.05, 3.63) is 28.5 Å². The first-order chi connectivity index (χ1) is 9.29. The molecule has 1 saturated heterocycles. The van der Waals surface area contributed by atoms with Gasteiger partial charge in [-0.1, -0.05) is 5.21 Å². The fourth-order valence-corrected chi connectivity index (χ4v) is 3.24. The molecule has 0 radical (unpaired) electrons. The molecule has 102 valence electrons. The fourth-order valence-electron chi connectivity index (χ4n) is 2.63. The van der Waals surface area contributed by atoms with Crippen molar-refractivity contribution in [2.75, 3.05) is 13.1 Å². The fraction of sp³-hybridized carbons (Fsp3) is 0.615. The van der Waals surface area contributed by atoms with Gasteiger partial charge in [0.25, 0.3) is 0 Å². The number of likely N-dealkylation sites (tertiary alicyclic amines) is 1. The lowest BCUT2D eigenvalue weighted by atomic mass is 9.97. The van der Waals surface area contributed by atoms with Gasteiger partial charge in [-0.25, -0.2) is 4.98 Å². The van der Waals surface area contributed by atoms with E-state index >= 15 is 0 Å². The molecule has 1 aliphatic rings. The van der Waals surface area contributed by atoms with Gasteiger partial charge in [-0.3, -0.25) is 9.58 Å². The lowest BCUT2D eigenvalue weighted by Gasteiger charge is -2.31. The van der Waals surface area contributed by atoms with E-state index in [0.717, 1.165) is 37.1 Å². The summed E-state index contributed by atoms with van der Waals surface area (Å²) < 4.78 is 1.95. The summed E-state index contributed by atoms with van der Waals surface area (Å²) >= 11 is 1.74. The zero-order valence-electron chi connectivity index (χ0n) is 11.2. The molecule has 19 heavy (non-hydrogen) atoms. The molecule has 0 N–H and O–H groups in total. The normalized spacial score (nSPS) is 17.9. The Morgan fingerprint density at radius 2 is 2.21 bits per heavy atom. The van der Waals surface area contributed by atoms with Gasteiger partial charge in [0.2, 0.25) is 0 Å². The third-order valence-electron chi connectivity index (χ3n) is 3.68. The zero-order chi connectivity index (χ0) is 13.1. The van der Waals surface area contributed by atoms with Gasteiger partial charge in [0, 0.05) is 24.7 Å². The summed E-state index contributed by atoms with van der Waals surface area (Å²) in [4.78, 5) is 7.05. The Kier molecular flexibility index (Phi) is 3.89. The van der Waals surface area contributed by atoms with Crippen molar-refractivity contribution in [1.29, 1.82) is 0 Å². The first-order valence-corrected chi connectivity index (χ1v) is 7.65. The number of hydrogen-bond acceptors (Lipinski definition) is 5. The topological polar surface area (TPSA) is 46.8 Å². The number of aryl methyl sites for hydroxylation is 1. The number of aromatic nitrogens is 4. The van der Waals surface area contributed by atoms with Crippen LogP contribution in [0.4, 0.5) is 0 Å². The molecule has 5 nitrogen and oxygen atoms in total. The van der Waals surface area contributed by atoms with Crippen LogP contribution in [-0.4, -0.2) is 38.0 Å². The number of hydrogen-bond donors (Lipinski definition) is 0. The predicted octanol–water partition coefficient (Wildman–Crippen LogP) is 1.96. The Morgan fingerprint density at radius 3 is 2.84 bits per heavy atom. The summed E-state index contributed by atoms with van der Waals surface area (Å²) in [6.45, 7) is 6.40. The molecule has 1 fully saturated rings. The lowest BCUT2D eigenvalue weighted by molar-refractivity contribution is 0.163. The van der Waals surface area contributed by atoms with Gasteiger partial charge in [-0.2, -0.15) is 0 Å². The Labute approximate surface area is 117 Å². The summed E-state index contributed by atoms with van der Waals surface area (Å²) in [5.41, 5.74) is 1.22. The van der Waals surface area contributed by atoms with E-state index in [-0.39, 0.29) is 0 Å². The molecule has 0 amide bonds. The van der Waals surface area contributed by atoms with Crippen molar-refractivity contribution in [1.82, 2.24) is 24.9 Å². The molecule has 0 atom stereocenters. The SMILES string of the molecule is Cc1nc(CN2CCC(Cn3ccnn3)CC2)cs1. The zero-order valence-corrected chi connectivity index (χ0v) is 12.0. The first kappa shape index (κ1) is 12.7. The highest BCUT2D eigenvalue weighted by atomic mass is 32.1. The minimum Gasteiger partial charge on any atom is -0.297 e. The van der Waals surface area contributed by atoms with E-state index < -0.39 is 0 Å². The standard InChI is InChI=1S/C13H19N5S/c1-11-15-13(10-19-11)9-17-5-2-12(3-6-17)8-18-7-4-14-16-18/h4,7,10,12H,2-3,5-6,8-9H2,1H3. The van der Waals surface area contributed by atoms with Gasteiger partial charge in [-0.05, 0) is 38.8 Å². The molecule has 0 aromatic carbocycles. The largest absolute Gasteiger partial charge is 0.297 e. The van der Waals surface area contributed by atoms with Crippen LogP contribution < -0.4 is 0 Å². The molecule has 6 heteroatoms. The number of piperidine rings is 1. The van der Waals surface area contributed by atoms with Gasteiger partial charge in [0.15, 0.2) is 0 Å². The summed E-state index contributed by atoms with van der Waals surface area (Å²) in [7, 11) is 0. The monoisotopic (exact) mass is 277 g/mol. The Hall–Kier alpha value is -1.27. The molecule has 2 aromatic heterocycles. The molecular formula is C13H19N5S. The summed E-state index contributed by atoms with van der Waals surface area (Å²) in [6, 6.07) is 0. The molecule has 0 unspecified atom stereocenters. The van der Waals surface area contributed by atoms with E-state index in [4.69, 9.17) is 0 Å². The van der Waals surface area contributed by atoms with Crippen LogP contribution in [0.2, 0.25) is 0 Å². The van der Waals surface area contributed by atoms with E-state index in [1.54, 1.807) is 17.5 Å². The minimum absolute atomic E-state index is 0.732. The maximum atomic E-state index is 4.54. The Morgan fingerprint density at radius 1 is 1.37 bits per heavy atom. The Bertz CT molecular complexity index is 499. The van der Waals surface area contributed by atoms with Gasteiger partial charge in [0.1, 0.15) is 0 Å². The van der Waals surface area contributed by atoms with Crippen molar-refractivity contribution in [2.24, 2.45) is 5.92 Å². The van der Waals surface area contributed by atoms with E-state index in [1.807, 2.05) is 10.9 Å². The van der Waals surface area contributed by atoms with Crippen molar-refractivity contribution in [3.63, 3.8) is 0 Å². The summed E-state index contributed by atoms with van der Waals surface area (Å²) in [6.07, 6.45) is 6.18. The van der Waals surface area contributed by atoms with Crippen molar-refractivity contribution in [2.45, 2.75) is 32.9 Å². The number of thiazole rings is 1. The average molecular weight is 277 g/mol. The average Bonchev–Trinajstić information content (AvgIpc) is 3.04. The third kappa shape index (κ3) is 3.39. The first-order valence-electron chi connectivity index (χ1n) is 6.77. The molecule has 3 rings (SSSR count). The second-order valence-corrected chi connectivity index (χ2v) is 6.26. The highest BCUT2D eigenvalue weighted by Gasteiger charge is 2.20. The molecule has 0 saturated carbocycles. The van der Waals surface area contributed by atoms with Crippen LogP contribution in [0, 0.1) is 12.8 Å². The maximum absolute atomic E-state index is 4.54. The van der Waals surface area contributed by atoms with Crippen LogP contribution in [-0.2, 0) is 13.1 Å². The summed E-state index contributed by atoms with van der Waals surface area (Å²) in [5, 5.41) is 11.2. The highest BCUT2D eigenvalue weighted by Crippen LogP contribution is 2.20. The van der Waals surface area contributed by atoms with E-state index in [1.165, 1.54) is 18.5 Å². The lowest BCUT2D eigenvalue weighted by Crippen LogP contribution is -2.34. The van der Waals surface area contributed by atoms with Crippen molar-refractivity contribution >= 4 is 11.3 Å². The second kappa shape index (κ2) is 5.79. The number of nitrogens with zero attached hydrogens (tertiary/aromatic N) is 5. The third-order valence-corrected chi connectivity index (χ3v) is 4.50. The minimum atomic E-state index is 0.732. The highest BCUT2D eigenvalue weighted by molar-refractivity contribution is 7.09. The van der Waals surface area contributed by atoms with Crippen LogP contribution in [0.25, 0.3) is 0 Å². The molecule has 0 bridgehead atoms. The van der Waals surface area contributed by atoms with Gasteiger partial charge >= 0.3 is 0 Å². The van der Waals surface area contributed by atoms with E-state index in [0.29, 0.717) is 0 Å². The maximum Gasteiger partial charge on any atom is 0.0897 e. The smallest absolute Gasteiger partial charge is 0.0897 e. The van der Waals surface area contributed by atoms with Crippen molar-refractivity contribution < 1.29 is 0 Å². The quantitative estimate of drug-likeness (QED) is 0.857. The van der Waals surface area contributed by atoms with Gasteiger partial charge in [-0.15, -0.1) is 16.4 Å². The molecule has 0 spiro atoms. The van der Waals surface area contributed by atoms with Gasteiger partial charge in [0.05, 0.1) is 16.9 Å². The Balaban J connectivity index is 1.46. The molecular weight excluding hydrogens is 258 g/mol. The number of rotatable bonds is 4. The van der Waals surface area contributed by atoms with E-state index in [9.17, 15) is 0 Å². The summed E-state index contributed by atoms with van der Waals surface area (Å²) in [5.74, 6) is 0.732. The molecule has 2 aromatic rings. The van der Waals surface area contributed by atoms with Crippen LogP contribution >= 0.6 is 11.3 Å². The van der Waals surface area contributed by atoms with Crippen LogP contribution in [0.5, 0.6) is 0 Å². The predicted molar refractivity (Wildman–Crippen MR) is 74.9 cm³/mol. The molecule has 0 aliphatic carbocycles. The van der Waals surface area contributed by atoms with Crippen molar-refractivity contribution in [3.8, 4) is 0 Å². The molecule has 3 heterocycles. The van der Waals surface area contributed by atoms with Gasteiger partial charge < -0.3 is 0 Å².